The minimum absolute atomic E-state index is 0.0835. The predicted octanol–water partition coefficient (Wildman–Crippen LogP) is 4.99. The Bertz CT molecular complexity index is 449. The lowest BCUT2D eigenvalue weighted by Gasteiger charge is -2.43. The van der Waals surface area contributed by atoms with Crippen LogP contribution in [0.1, 0.15) is 76.3 Å². The van der Waals surface area contributed by atoms with E-state index in [0.29, 0.717) is 6.04 Å². The third kappa shape index (κ3) is 3.42. The van der Waals surface area contributed by atoms with E-state index < -0.39 is 0 Å². The van der Waals surface area contributed by atoms with E-state index in [0.717, 1.165) is 18.7 Å². The molecule has 0 radical (unpaired) electrons. The lowest BCUT2D eigenvalue weighted by atomic mass is 9.78. The first-order valence-corrected chi connectivity index (χ1v) is 8.84. The van der Waals surface area contributed by atoms with Gasteiger partial charge in [0.1, 0.15) is 11.4 Å². The van der Waals surface area contributed by atoms with Crippen LogP contribution in [0.3, 0.4) is 0 Å². The lowest BCUT2D eigenvalue weighted by Crippen LogP contribution is -2.44. The molecular formula is C19H29NO. The van der Waals surface area contributed by atoms with Crippen molar-refractivity contribution in [2.45, 2.75) is 76.4 Å². The molecule has 3 rings (SSSR count). The van der Waals surface area contributed by atoms with Crippen LogP contribution >= 0.6 is 0 Å². The summed E-state index contributed by atoms with van der Waals surface area (Å²) in [5.74, 6) is 1.12. The summed E-state index contributed by atoms with van der Waals surface area (Å²) in [5.41, 5.74) is 1.44. The van der Waals surface area contributed by atoms with Crippen LogP contribution in [-0.4, -0.2) is 12.1 Å². The van der Waals surface area contributed by atoms with Crippen molar-refractivity contribution in [2.24, 2.45) is 0 Å². The highest BCUT2D eigenvalue weighted by molar-refractivity contribution is 5.39. The van der Waals surface area contributed by atoms with Gasteiger partial charge >= 0.3 is 0 Å². The Hall–Kier alpha value is -1.02. The maximum Gasteiger partial charge on any atom is 0.124 e. The van der Waals surface area contributed by atoms with Crippen molar-refractivity contribution in [2.75, 3.05) is 6.54 Å². The van der Waals surface area contributed by atoms with E-state index in [2.05, 4.69) is 36.5 Å². The molecule has 1 fully saturated rings. The van der Waals surface area contributed by atoms with Crippen molar-refractivity contribution in [3.05, 3.63) is 29.8 Å². The molecule has 116 valence electrons. The monoisotopic (exact) mass is 287 g/mol. The quantitative estimate of drug-likeness (QED) is 0.845. The number of rotatable bonds is 3. The average molecular weight is 287 g/mol. The van der Waals surface area contributed by atoms with Crippen molar-refractivity contribution >= 4 is 0 Å². The number of fused-ring (bicyclic) bond motifs is 1. The topological polar surface area (TPSA) is 21.3 Å². The minimum Gasteiger partial charge on any atom is -0.487 e. The second kappa shape index (κ2) is 6.83. The summed E-state index contributed by atoms with van der Waals surface area (Å²) in [7, 11) is 0. The van der Waals surface area contributed by atoms with Crippen LogP contribution in [0.25, 0.3) is 0 Å². The number of nitrogens with one attached hydrogen (secondary N) is 1. The molecule has 2 nitrogen and oxygen atoms in total. The van der Waals surface area contributed by atoms with Gasteiger partial charge in [-0.1, -0.05) is 44.4 Å². The molecule has 2 aliphatic rings. The number of hydrogen-bond donors (Lipinski definition) is 1. The largest absolute Gasteiger partial charge is 0.487 e. The average Bonchev–Trinajstić information content (AvgIpc) is 2.49. The summed E-state index contributed by atoms with van der Waals surface area (Å²) in [6.07, 6.45) is 11.6. The second-order valence-corrected chi connectivity index (χ2v) is 6.80. The van der Waals surface area contributed by atoms with E-state index in [1.807, 2.05) is 0 Å². The number of ether oxygens (including phenoxy) is 1. The zero-order chi connectivity index (χ0) is 14.5. The maximum atomic E-state index is 6.57. The Balaban J connectivity index is 1.84. The van der Waals surface area contributed by atoms with Crippen LogP contribution in [0.4, 0.5) is 0 Å². The summed E-state index contributed by atoms with van der Waals surface area (Å²) < 4.78 is 6.57. The summed E-state index contributed by atoms with van der Waals surface area (Å²) in [6, 6.07) is 9.11. The highest BCUT2D eigenvalue weighted by Crippen LogP contribution is 2.44. The fraction of sp³-hybridized carbons (Fsp3) is 0.684. The molecule has 1 aliphatic carbocycles. The molecular weight excluding hydrogens is 258 g/mol. The molecule has 1 N–H and O–H groups in total. The Morgan fingerprint density at radius 3 is 2.57 bits per heavy atom. The van der Waals surface area contributed by atoms with Crippen molar-refractivity contribution in [1.82, 2.24) is 5.32 Å². The molecule has 0 saturated heterocycles. The molecule has 1 saturated carbocycles. The zero-order valence-electron chi connectivity index (χ0n) is 13.4. The molecule has 1 aromatic carbocycles. The predicted molar refractivity (Wildman–Crippen MR) is 87.8 cm³/mol. The molecule has 1 aliphatic heterocycles. The van der Waals surface area contributed by atoms with E-state index in [1.54, 1.807) is 0 Å². The van der Waals surface area contributed by atoms with Crippen LogP contribution in [0, 0.1) is 0 Å². The lowest BCUT2D eigenvalue weighted by molar-refractivity contribution is 0.00647. The van der Waals surface area contributed by atoms with Crippen LogP contribution in [0.2, 0.25) is 0 Å². The maximum absolute atomic E-state index is 6.57. The molecule has 1 spiro atoms. The van der Waals surface area contributed by atoms with Gasteiger partial charge in [-0.3, -0.25) is 0 Å². The first-order valence-electron chi connectivity index (χ1n) is 8.84. The van der Waals surface area contributed by atoms with Gasteiger partial charge in [0, 0.05) is 18.0 Å². The molecule has 21 heavy (non-hydrogen) atoms. The van der Waals surface area contributed by atoms with E-state index in [9.17, 15) is 0 Å². The molecule has 1 aromatic rings. The first-order chi connectivity index (χ1) is 10.3. The molecule has 1 heterocycles. The summed E-state index contributed by atoms with van der Waals surface area (Å²) in [4.78, 5) is 0. The molecule has 0 aromatic heterocycles. The van der Waals surface area contributed by atoms with Gasteiger partial charge < -0.3 is 10.1 Å². The first kappa shape index (κ1) is 14.9. The standard InChI is InChI=1S/C19H29NO/c1-2-14-20-17-15-19(12-8-4-3-5-9-13-19)21-18-11-7-6-10-16(17)18/h6-7,10-11,17,20H,2-5,8-9,12-15H2,1H3. The Morgan fingerprint density at radius 2 is 1.81 bits per heavy atom. The van der Waals surface area contributed by atoms with Crippen LogP contribution in [-0.2, 0) is 0 Å². The third-order valence-corrected chi connectivity index (χ3v) is 5.10. The Labute approximate surface area is 129 Å². The van der Waals surface area contributed by atoms with Crippen LogP contribution in [0.5, 0.6) is 5.75 Å². The van der Waals surface area contributed by atoms with Crippen molar-refractivity contribution in [3.8, 4) is 5.75 Å². The molecule has 1 unspecified atom stereocenters. The zero-order valence-corrected chi connectivity index (χ0v) is 13.4. The van der Waals surface area contributed by atoms with Gasteiger partial charge in [-0.25, -0.2) is 0 Å². The van der Waals surface area contributed by atoms with Crippen LogP contribution < -0.4 is 10.1 Å². The smallest absolute Gasteiger partial charge is 0.124 e. The van der Waals surface area contributed by atoms with E-state index in [-0.39, 0.29) is 5.60 Å². The van der Waals surface area contributed by atoms with E-state index in [4.69, 9.17) is 4.74 Å². The number of hydrogen-bond acceptors (Lipinski definition) is 2. The normalized spacial score (nSPS) is 24.7. The fourth-order valence-electron chi connectivity index (χ4n) is 3.97. The highest BCUT2D eigenvalue weighted by atomic mass is 16.5. The fourth-order valence-corrected chi connectivity index (χ4v) is 3.97. The van der Waals surface area contributed by atoms with Crippen molar-refractivity contribution in [1.29, 1.82) is 0 Å². The molecule has 1 atom stereocenters. The third-order valence-electron chi connectivity index (χ3n) is 5.10. The van der Waals surface area contributed by atoms with Gasteiger partial charge in [0.15, 0.2) is 0 Å². The summed E-state index contributed by atoms with van der Waals surface area (Å²) in [6.45, 7) is 3.33. The van der Waals surface area contributed by atoms with Gasteiger partial charge in [0.25, 0.3) is 0 Å². The highest BCUT2D eigenvalue weighted by Gasteiger charge is 2.40. The Kier molecular flexibility index (Phi) is 4.84. The van der Waals surface area contributed by atoms with Gasteiger partial charge in [-0.2, -0.15) is 0 Å². The van der Waals surface area contributed by atoms with E-state index in [1.165, 1.54) is 56.9 Å². The van der Waals surface area contributed by atoms with E-state index >= 15 is 0 Å². The van der Waals surface area contributed by atoms with Gasteiger partial charge in [0.05, 0.1) is 0 Å². The minimum atomic E-state index is 0.0835. The molecule has 0 amide bonds. The molecule has 2 heteroatoms. The van der Waals surface area contributed by atoms with Gasteiger partial charge in [-0.05, 0) is 44.7 Å². The SMILES string of the molecule is CCCNC1CC2(CCCCCCC2)Oc2ccccc21. The van der Waals surface area contributed by atoms with Crippen LogP contribution in [0.15, 0.2) is 24.3 Å². The summed E-state index contributed by atoms with van der Waals surface area (Å²) >= 11 is 0. The number of para-hydroxylation sites is 1. The van der Waals surface area contributed by atoms with Crippen molar-refractivity contribution < 1.29 is 4.74 Å². The Morgan fingerprint density at radius 1 is 1.10 bits per heavy atom. The van der Waals surface area contributed by atoms with Gasteiger partial charge in [0.2, 0.25) is 0 Å². The van der Waals surface area contributed by atoms with Gasteiger partial charge in [-0.15, -0.1) is 0 Å². The summed E-state index contributed by atoms with van der Waals surface area (Å²) in [5, 5.41) is 3.76. The second-order valence-electron chi connectivity index (χ2n) is 6.80. The molecule has 0 bridgehead atoms. The number of benzene rings is 1. The van der Waals surface area contributed by atoms with Crippen molar-refractivity contribution in [3.63, 3.8) is 0 Å².